The van der Waals surface area contributed by atoms with Crippen LogP contribution in [-0.4, -0.2) is 121 Å². The lowest BCUT2D eigenvalue weighted by Crippen LogP contribution is -2.56. The third-order valence-corrected chi connectivity index (χ3v) is 10.9. The Morgan fingerprint density at radius 3 is 2.19 bits per heavy atom. The van der Waals surface area contributed by atoms with E-state index in [1.54, 1.807) is 46.3 Å². The number of rotatable bonds is 10. The summed E-state index contributed by atoms with van der Waals surface area (Å²) in [6.07, 6.45) is -1.46. The van der Waals surface area contributed by atoms with Gasteiger partial charge in [0, 0.05) is 86.5 Å². The van der Waals surface area contributed by atoms with Crippen LogP contribution in [0.2, 0.25) is 0 Å². The fourth-order valence-electron chi connectivity index (χ4n) is 7.72. The number of carbonyl (C=O) groups is 4. The second kappa shape index (κ2) is 18.6. The molecule has 3 aliphatic heterocycles. The van der Waals surface area contributed by atoms with E-state index in [0.717, 1.165) is 24.0 Å². The van der Waals surface area contributed by atoms with Gasteiger partial charge in [-0.05, 0) is 60.9 Å². The van der Waals surface area contributed by atoms with Crippen LogP contribution in [0.5, 0.6) is 5.75 Å². The molecule has 0 aliphatic carbocycles. The molecular formula is C42H56F3N7O6. The summed E-state index contributed by atoms with van der Waals surface area (Å²) in [5, 5.41) is 8.36. The van der Waals surface area contributed by atoms with E-state index in [4.69, 9.17) is 0 Å². The Kier molecular flexibility index (Phi) is 14.0. The van der Waals surface area contributed by atoms with Crippen molar-refractivity contribution < 1.29 is 41.8 Å². The second-order valence-corrected chi connectivity index (χ2v) is 16.3. The number of nitrogens with one attached hydrogen (secondary N) is 3. The predicted molar refractivity (Wildman–Crippen MR) is 215 cm³/mol. The number of piperidine rings is 1. The topological polar surface area (TPSA) is 136 Å². The monoisotopic (exact) mass is 811 g/mol. The minimum Gasteiger partial charge on any atom is -0.453 e. The lowest BCUT2D eigenvalue weighted by atomic mass is 9.92. The summed E-state index contributed by atoms with van der Waals surface area (Å²) in [7, 11) is 1.23. The Morgan fingerprint density at radius 2 is 1.59 bits per heavy atom. The average molecular weight is 812 g/mol. The van der Waals surface area contributed by atoms with Crippen molar-refractivity contribution in [2.75, 3.05) is 64.8 Å². The van der Waals surface area contributed by atoms with Crippen LogP contribution in [0.25, 0.3) is 16.7 Å². The van der Waals surface area contributed by atoms with Gasteiger partial charge < -0.3 is 40.1 Å². The summed E-state index contributed by atoms with van der Waals surface area (Å²) in [4.78, 5) is 57.8. The van der Waals surface area contributed by atoms with Crippen molar-refractivity contribution in [2.45, 2.75) is 72.3 Å². The maximum atomic E-state index is 13.6. The van der Waals surface area contributed by atoms with Gasteiger partial charge in [0.05, 0.1) is 13.2 Å². The number of amides is 5. The highest BCUT2D eigenvalue weighted by atomic mass is 19.4. The molecule has 316 valence electrons. The number of hydrogen-bond acceptors (Lipinski definition) is 8. The van der Waals surface area contributed by atoms with Gasteiger partial charge in [-0.1, -0.05) is 58.5 Å². The highest BCUT2D eigenvalue weighted by Gasteiger charge is 2.36. The van der Waals surface area contributed by atoms with Crippen LogP contribution < -0.4 is 20.7 Å². The molecule has 2 atom stereocenters. The van der Waals surface area contributed by atoms with Gasteiger partial charge in [-0.2, -0.15) is 0 Å². The molecule has 16 heteroatoms. The Bertz CT molecular complexity index is 1850. The first kappa shape index (κ1) is 43.9. The Morgan fingerprint density at radius 1 is 0.931 bits per heavy atom. The fourth-order valence-corrected chi connectivity index (χ4v) is 7.72. The number of piperazine rings is 1. The molecule has 3 aliphatic rings. The van der Waals surface area contributed by atoms with E-state index in [1.807, 2.05) is 39.5 Å². The molecule has 0 aromatic heterocycles. The molecular weight excluding hydrogens is 755 g/mol. The van der Waals surface area contributed by atoms with E-state index in [2.05, 4.69) is 36.9 Å². The van der Waals surface area contributed by atoms with E-state index in [0.29, 0.717) is 69.5 Å². The maximum Gasteiger partial charge on any atom is 0.573 e. The number of ether oxygens (including phenoxy) is 2. The predicted octanol–water partition coefficient (Wildman–Crippen LogP) is 6.50. The van der Waals surface area contributed by atoms with Crippen molar-refractivity contribution in [2.24, 2.45) is 11.3 Å². The number of likely N-dealkylation sites (tertiary alicyclic amines) is 2. The number of methoxy groups -OCH3 is 1. The molecule has 2 aromatic rings. The number of hydrogen-bond donors (Lipinski definition) is 3. The Labute approximate surface area is 338 Å². The molecule has 13 nitrogen and oxygen atoms in total. The molecule has 2 unspecified atom stereocenters. The average Bonchev–Trinajstić information content (AvgIpc) is 3.59. The second-order valence-electron chi connectivity index (χ2n) is 16.3. The van der Waals surface area contributed by atoms with Crippen molar-refractivity contribution in [1.82, 2.24) is 30.2 Å². The lowest BCUT2D eigenvalue weighted by molar-refractivity contribution is -0.274. The first-order valence-corrected chi connectivity index (χ1v) is 19.7. The smallest absolute Gasteiger partial charge is 0.453 e. The van der Waals surface area contributed by atoms with Crippen molar-refractivity contribution >= 4 is 35.2 Å². The molecule has 3 saturated heterocycles. The number of urea groups is 1. The zero-order valence-electron chi connectivity index (χ0n) is 34.2. The molecule has 2 aromatic carbocycles. The molecule has 3 fully saturated rings. The normalized spacial score (nSPS) is 19.7. The van der Waals surface area contributed by atoms with E-state index < -0.39 is 29.7 Å². The van der Waals surface area contributed by atoms with Gasteiger partial charge in [-0.3, -0.25) is 14.5 Å². The number of benzene rings is 2. The molecule has 58 heavy (non-hydrogen) atoms. The summed E-state index contributed by atoms with van der Waals surface area (Å²) < 4.78 is 49.9. The van der Waals surface area contributed by atoms with Crippen LogP contribution >= 0.6 is 0 Å². The largest absolute Gasteiger partial charge is 0.573 e. The number of halogens is 3. The molecule has 5 rings (SSSR count). The van der Waals surface area contributed by atoms with Crippen LogP contribution in [0.3, 0.4) is 0 Å². The zero-order valence-corrected chi connectivity index (χ0v) is 34.2. The molecule has 0 bridgehead atoms. The fraction of sp³-hybridized carbons (Fsp3) is 0.524. The first-order chi connectivity index (χ1) is 27.3. The van der Waals surface area contributed by atoms with Crippen molar-refractivity contribution in [3.63, 3.8) is 0 Å². The summed E-state index contributed by atoms with van der Waals surface area (Å²) in [6, 6.07) is 10.8. The van der Waals surface area contributed by atoms with E-state index in [-0.39, 0.29) is 41.6 Å². The Hall–Kier alpha value is -5.25. The molecule has 0 radical (unpaired) electrons. The van der Waals surface area contributed by atoms with Crippen molar-refractivity contribution in [3.05, 3.63) is 66.5 Å². The SMILES string of the molecule is C=C(N/C=C(\C)c1ccc(-c2ccc(NC(=O)N3CCN(C4CCN(C(=O)C(C)(C)C)CC4)CC3)cc2OC(F)(F)F)cc1)C1CC(C)CN1C(=O)CNC(=O)OC. The van der Waals surface area contributed by atoms with Crippen molar-refractivity contribution in [1.29, 1.82) is 0 Å². The van der Waals surface area contributed by atoms with E-state index >= 15 is 0 Å². The highest BCUT2D eigenvalue weighted by Crippen LogP contribution is 2.37. The van der Waals surface area contributed by atoms with Crippen LogP contribution in [0, 0.1) is 11.3 Å². The first-order valence-electron chi connectivity index (χ1n) is 19.7. The summed E-state index contributed by atoms with van der Waals surface area (Å²) in [6.45, 7) is 17.8. The summed E-state index contributed by atoms with van der Waals surface area (Å²) in [5.41, 5.74) is 2.65. The molecule has 3 N–H and O–H groups in total. The third-order valence-electron chi connectivity index (χ3n) is 10.9. The number of carbonyl (C=O) groups excluding carboxylic acids is 4. The van der Waals surface area contributed by atoms with Crippen molar-refractivity contribution in [3.8, 4) is 16.9 Å². The third kappa shape index (κ3) is 11.4. The minimum absolute atomic E-state index is 0.158. The van der Waals surface area contributed by atoms with E-state index in [1.165, 1.54) is 19.2 Å². The van der Waals surface area contributed by atoms with Gasteiger partial charge >= 0.3 is 18.5 Å². The van der Waals surface area contributed by atoms with Gasteiger partial charge in [0.2, 0.25) is 11.8 Å². The Balaban J connectivity index is 1.18. The van der Waals surface area contributed by atoms with Gasteiger partial charge in [-0.15, -0.1) is 13.2 Å². The molecule has 5 amide bonds. The van der Waals surface area contributed by atoms with Gasteiger partial charge in [-0.25, -0.2) is 9.59 Å². The molecule has 3 heterocycles. The highest BCUT2D eigenvalue weighted by molar-refractivity contribution is 5.90. The van der Waals surface area contributed by atoms with Gasteiger partial charge in [0.25, 0.3) is 0 Å². The number of alkyl halides is 3. The molecule has 0 saturated carbocycles. The summed E-state index contributed by atoms with van der Waals surface area (Å²) in [5.74, 6) is -0.312. The molecule has 0 spiro atoms. The lowest BCUT2D eigenvalue weighted by Gasteiger charge is -2.43. The number of nitrogens with zero attached hydrogens (tertiary/aromatic N) is 4. The van der Waals surface area contributed by atoms with Crippen LogP contribution in [0.15, 0.2) is 60.9 Å². The zero-order chi connectivity index (χ0) is 42.4. The number of anilines is 1. The van der Waals surface area contributed by atoms with Gasteiger partial charge in [0.15, 0.2) is 0 Å². The van der Waals surface area contributed by atoms with Crippen LogP contribution in [0.1, 0.15) is 59.4 Å². The standard InChI is InChI=1S/C42H56F3N7O6/c1-27-22-35(52(26-27)37(53)25-47-40(56)57-7)29(3)46-24-28(2)30-8-10-31(11-9-30)34-13-12-32(23-36(34)58-42(43,44)45)48-39(55)51-20-18-49(19-21-51)33-14-16-50(17-15-33)38(54)41(4,5)6/h8-13,23-24,27,33,35,46H,3,14-22,25-26H2,1-2,4-7H3,(H,47,56)(H,48,55)/b28-24+. The van der Waals surface area contributed by atoms with Crippen LogP contribution in [-0.2, 0) is 14.3 Å². The number of allylic oxidation sites excluding steroid dienone is 1. The minimum atomic E-state index is -4.97. The van der Waals surface area contributed by atoms with Gasteiger partial charge in [0.1, 0.15) is 12.3 Å². The van der Waals surface area contributed by atoms with Crippen LogP contribution in [0.4, 0.5) is 28.4 Å². The summed E-state index contributed by atoms with van der Waals surface area (Å²) >= 11 is 0. The maximum absolute atomic E-state index is 13.6. The number of alkyl carbamates (subject to hydrolysis) is 1. The van der Waals surface area contributed by atoms with E-state index in [9.17, 15) is 32.3 Å². The quantitative estimate of drug-likeness (QED) is 0.248.